The molecule has 1 saturated carbocycles. The van der Waals surface area contributed by atoms with E-state index in [2.05, 4.69) is 17.6 Å². The molecule has 0 aliphatic heterocycles. The second-order valence-corrected chi connectivity index (χ2v) is 5.82. The molecule has 0 aromatic carbocycles. The summed E-state index contributed by atoms with van der Waals surface area (Å²) in [6.07, 6.45) is 3.31. The first-order valence-corrected chi connectivity index (χ1v) is 6.95. The van der Waals surface area contributed by atoms with Gasteiger partial charge in [0.15, 0.2) is 0 Å². The molecule has 2 amide bonds. The molecule has 3 N–H and O–H groups in total. The highest BCUT2D eigenvalue weighted by Gasteiger charge is 2.40. The lowest BCUT2D eigenvalue weighted by molar-refractivity contribution is 0.238. The van der Waals surface area contributed by atoms with Crippen LogP contribution in [0.25, 0.3) is 0 Å². The first kappa shape index (κ1) is 13.2. The molecule has 0 atom stereocenters. The summed E-state index contributed by atoms with van der Waals surface area (Å²) in [6, 6.07) is -0.386. The Labute approximate surface area is 95.5 Å². The van der Waals surface area contributed by atoms with E-state index in [1.165, 1.54) is 0 Å². The van der Waals surface area contributed by atoms with Crippen LogP contribution < -0.4 is 10.6 Å². The molecular formula is C9H18N2O4S. The minimum Gasteiger partial charge on any atom is -0.338 e. The van der Waals surface area contributed by atoms with E-state index in [9.17, 15) is 13.2 Å². The smallest absolute Gasteiger partial charge is 0.314 e. The van der Waals surface area contributed by atoms with Crippen molar-refractivity contribution in [2.24, 2.45) is 5.41 Å². The van der Waals surface area contributed by atoms with Crippen LogP contribution in [-0.4, -0.2) is 37.8 Å². The zero-order chi connectivity index (χ0) is 12.2. The fourth-order valence-electron chi connectivity index (χ4n) is 1.46. The van der Waals surface area contributed by atoms with Crippen LogP contribution in [0.3, 0.4) is 0 Å². The molecule has 0 unspecified atom stereocenters. The van der Waals surface area contributed by atoms with Crippen LogP contribution in [0.1, 0.15) is 26.2 Å². The Kier molecular flexibility index (Phi) is 4.15. The molecule has 1 rings (SSSR count). The highest BCUT2D eigenvalue weighted by atomic mass is 32.2. The third kappa shape index (κ3) is 4.80. The molecule has 1 fully saturated rings. The first-order chi connectivity index (χ1) is 7.37. The molecule has 1 aliphatic rings. The normalized spacial score (nSPS) is 17.9. The van der Waals surface area contributed by atoms with Gasteiger partial charge in [0.05, 0.1) is 5.75 Å². The molecule has 0 bridgehead atoms. The molecule has 16 heavy (non-hydrogen) atoms. The first-order valence-electron chi connectivity index (χ1n) is 5.34. The number of nitrogens with one attached hydrogen (secondary N) is 2. The van der Waals surface area contributed by atoms with Crippen LogP contribution in [-0.2, 0) is 10.1 Å². The molecule has 0 aromatic rings. The van der Waals surface area contributed by atoms with Gasteiger partial charge in [0.2, 0.25) is 0 Å². The van der Waals surface area contributed by atoms with Crippen LogP contribution in [0, 0.1) is 5.41 Å². The topological polar surface area (TPSA) is 95.5 Å². The van der Waals surface area contributed by atoms with Crippen molar-refractivity contribution in [3.63, 3.8) is 0 Å². The van der Waals surface area contributed by atoms with Crippen molar-refractivity contribution in [1.82, 2.24) is 10.6 Å². The molecule has 6 nitrogen and oxygen atoms in total. The van der Waals surface area contributed by atoms with Gasteiger partial charge in [-0.25, -0.2) is 4.79 Å². The molecular weight excluding hydrogens is 232 g/mol. The summed E-state index contributed by atoms with van der Waals surface area (Å²) in [4.78, 5) is 11.2. The molecule has 0 heterocycles. The molecule has 1 aliphatic carbocycles. The lowest BCUT2D eigenvalue weighted by Crippen LogP contribution is -2.40. The Morgan fingerprint density at radius 3 is 2.44 bits per heavy atom. The number of carbonyl (C=O) groups is 1. The van der Waals surface area contributed by atoms with Crippen molar-refractivity contribution < 1.29 is 17.8 Å². The lowest BCUT2D eigenvalue weighted by Gasteiger charge is -2.13. The Morgan fingerprint density at radius 1 is 1.38 bits per heavy atom. The summed E-state index contributed by atoms with van der Waals surface area (Å²) in [6.45, 7) is 2.63. The van der Waals surface area contributed by atoms with Gasteiger partial charge in [0, 0.05) is 13.1 Å². The van der Waals surface area contributed by atoms with Gasteiger partial charge in [-0.2, -0.15) is 8.42 Å². The van der Waals surface area contributed by atoms with E-state index in [0.717, 1.165) is 19.3 Å². The van der Waals surface area contributed by atoms with Gasteiger partial charge in [0.25, 0.3) is 10.1 Å². The van der Waals surface area contributed by atoms with Gasteiger partial charge in [0.1, 0.15) is 0 Å². The van der Waals surface area contributed by atoms with Gasteiger partial charge >= 0.3 is 6.03 Å². The van der Waals surface area contributed by atoms with Crippen LogP contribution in [0.2, 0.25) is 0 Å². The maximum atomic E-state index is 11.2. The zero-order valence-electron chi connectivity index (χ0n) is 9.32. The zero-order valence-corrected chi connectivity index (χ0v) is 10.1. The molecule has 0 radical (unpaired) electrons. The fourth-order valence-corrected chi connectivity index (χ4v) is 1.82. The van der Waals surface area contributed by atoms with Gasteiger partial charge in [-0.05, 0) is 24.7 Å². The van der Waals surface area contributed by atoms with Crippen molar-refractivity contribution >= 4 is 16.1 Å². The Hall–Kier alpha value is -0.820. The van der Waals surface area contributed by atoms with E-state index in [0.29, 0.717) is 6.54 Å². The number of urea groups is 1. The third-order valence-corrected chi connectivity index (χ3v) is 3.70. The summed E-state index contributed by atoms with van der Waals surface area (Å²) in [5.41, 5.74) is 0.264. The quantitative estimate of drug-likeness (QED) is 0.593. The lowest BCUT2D eigenvalue weighted by atomic mass is 10.0. The number of amides is 2. The fraction of sp³-hybridized carbons (Fsp3) is 0.889. The number of rotatable bonds is 6. The molecule has 7 heteroatoms. The summed E-state index contributed by atoms with van der Waals surface area (Å²) in [5, 5.41) is 5.07. The van der Waals surface area contributed by atoms with Crippen LogP contribution >= 0.6 is 0 Å². The maximum absolute atomic E-state index is 11.2. The van der Waals surface area contributed by atoms with Crippen LogP contribution in [0.15, 0.2) is 0 Å². The predicted octanol–water partition coefficient (Wildman–Crippen LogP) is 0.364. The van der Waals surface area contributed by atoms with Crippen molar-refractivity contribution in [3.8, 4) is 0 Å². The minimum absolute atomic E-state index is 0.0796. The number of carbonyl (C=O) groups excluding carboxylic acids is 1. The summed E-state index contributed by atoms with van der Waals surface area (Å²) in [5.74, 6) is -0.459. The molecule has 0 saturated heterocycles. The van der Waals surface area contributed by atoms with Crippen LogP contribution in [0.5, 0.6) is 0 Å². The Morgan fingerprint density at radius 2 is 2.00 bits per heavy atom. The van der Waals surface area contributed by atoms with Crippen molar-refractivity contribution in [2.45, 2.75) is 26.2 Å². The highest BCUT2D eigenvalue weighted by molar-refractivity contribution is 7.85. The number of hydrogen-bond acceptors (Lipinski definition) is 3. The van der Waals surface area contributed by atoms with E-state index in [-0.39, 0.29) is 18.0 Å². The summed E-state index contributed by atoms with van der Waals surface area (Å²) >= 11 is 0. The number of hydrogen-bond donors (Lipinski definition) is 3. The van der Waals surface area contributed by atoms with Crippen molar-refractivity contribution in [3.05, 3.63) is 0 Å². The van der Waals surface area contributed by atoms with Crippen molar-refractivity contribution in [1.29, 1.82) is 0 Å². The predicted molar refractivity (Wildman–Crippen MR) is 59.8 cm³/mol. The van der Waals surface area contributed by atoms with Gasteiger partial charge in [-0.15, -0.1) is 0 Å². The summed E-state index contributed by atoms with van der Waals surface area (Å²) in [7, 11) is -4.00. The second kappa shape index (κ2) is 5.01. The maximum Gasteiger partial charge on any atom is 0.314 e. The van der Waals surface area contributed by atoms with Crippen LogP contribution in [0.4, 0.5) is 4.79 Å². The Balaban J connectivity index is 2.12. The SMILES string of the molecule is CCC1(CNC(=O)NCCS(=O)(=O)O)CC1. The van der Waals surface area contributed by atoms with E-state index < -0.39 is 15.9 Å². The highest BCUT2D eigenvalue weighted by Crippen LogP contribution is 2.47. The van der Waals surface area contributed by atoms with E-state index in [1.54, 1.807) is 0 Å². The second-order valence-electron chi connectivity index (χ2n) is 4.25. The summed E-state index contributed by atoms with van der Waals surface area (Å²) < 4.78 is 29.2. The minimum atomic E-state index is -4.00. The van der Waals surface area contributed by atoms with Gasteiger partial charge < -0.3 is 10.6 Å². The Bertz CT molecular complexity index is 349. The molecule has 94 valence electrons. The van der Waals surface area contributed by atoms with Gasteiger partial charge in [-0.3, -0.25) is 4.55 Å². The standard InChI is InChI=1S/C9H18N2O4S/c1-2-9(3-4-9)7-11-8(12)10-5-6-16(13,14)15/h2-7H2,1H3,(H2,10,11,12)(H,13,14,15). The van der Waals surface area contributed by atoms with Crippen molar-refractivity contribution in [2.75, 3.05) is 18.8 Å². The average Bonchev–Trinajstić information content (AvgIpc) is 2.93. The van der Waals surface area contributed by atoms with E-state index in [1.807, 2.05) is 0 Å². The third-order valence-electron chi connectivity index (χ3n) is 2.98. The molecule has 0 spiro atoms. The average molecular weight is 250 g/mol. The largest absolute Gasteiger partial charge is 0.338 e. The van der Waals surface area contributed by atoms with Gasteiger partial charge in [-0.1, -0.05) is 6.92 Å². The molecule has 0 aromatic heterocycles. The monoisotopic (exact) mass is 250 g/mol. The van der Waals surface area contributed by atoms with E-state index >= 15 is 0 Å². The van der Waals surface area contributed by atoms with E-state index in [4.69, 9.17) is 4.55 Å².